The van der Waals surface area contributed by atoms with Crippen molar-refractivity contribution >= 4 is 33.2 Å². The molecule has 0 fully saturated rings. The van der Waals surface area contributed by atoms with Crippen LogP contribution in [0.5, 0.6) is 0 Å². The number of hydrogen-bond acceptors (Lipinski definition) is 5. The molecule has 0 aromatic heterocycles. The summed E-state index contributed by atoms with van der Waals surface area (Å²) in [5, 5.41) is 5.36. The van der Waals surface area contributed by atoms with Crippen LogP contribution in [0.4, 0.5) is 11.4 Å². The molecule has 9 heteroatoms. The molecule has 0 spiro atoms. The van der Waals surface area contributed by atoms with Crippen molar-refractivity contribution < 1.29 is 18.0 Å². The maximum atomic E-state index is 12.2. The summed E-state index contributed by atoms with van der Waals surface area (Å²) in [5.74, 6) is -0.861. The number of amides is 2. The van der Waals surface area contributed by atoms with E-state index in [1.54, 1.807) is 18.2 Å². The molecule has 2 amide bonds. The van der Waals surface area contributed by atoms with Gasteiger partial charge in [-0.2, -0.15) is 0 Å². The summed E-state index contributed by atoms with van der Waals surface area (Å²) in [6, 6.07) is 6.57. The zero-order chi connectivity index (χ0) is 20.4. The highest BCUT2D eigenvalue weighted by Crippen LogP contribution is 2.16. The third-order valence-corrected chi connectivity index (χ3v) is 5.37. The molecule has 1 aromatic rings. The van der Waals surface area contributed by atoms with Crippen LogP contribution in [-0.4, -0.2) is 56.6 Å². The van der Waals surface area contributed by atoms with Crippen molar-refractivity contribution in [1.29, 1.82) is 0 Å². The molecule has 1 aromatic carbocycles. The van der Waals surface area contributed by atoms with Gasteiger partial charge in [-0.3, -0.25) is 19.2 Å². The summed E-state index contributed by atoms with van der Waals surface area (Å²) in [6.07, 6.45) is -0.119. The second-order valence-electron chi connectivity index (χ2n) is 6.31. The number of likely N-dealkylation sites (N-methyl/N-ethyl adjacent to an activating group) is 1. The first-order valence-corrected chi connectivity index (χ1v) is 10.7. The van der Waals surface area contributed by atoms with Gasteiger partial charge in [0.15, 0.2) is 0 Å². The molecule has 1 atom stereocenters. The fourth-order valence-corrected chi connectivity index (χ4v) is 3.69. The maximum absolute atomic E-state index is 12.2. The van der Waals surface area contributed by atoms with Crippen LogP contribution in [-0.2, 0) is 19.6 Å². The minimum Gasteiger partial charge on any atom is -0.355 e. The van der Waals surface area contributed by atoms with Crippen molar-refractivity contribution in [3.8, 4) is 0 Å². The van der Waals surface area contributed by atoms with Crippen LogP contribution < -0.4 is 15.4 Å². The third-order valence-electron chi connectivity index (χ3n) is 4.08. The lowest BCUT2D eigenvalue weighted by atomic mass is 10.2. The van der Waals surface area contributed by atoms with Gasteiger partial charge in [-0.05, 0) is 38.2 Å². The summed E-state index contributed by atoms with van der Waals surface area (Å²) in [7, 11) is -3.67. The summed E-state index contributed by atoms with van der Waals surface area (Å²) in [6.45, 7) is 9.77. The quantitative estimate of drug-likeness (QED) is 0.525. The molecule has 0 aliphatic rings. The monoisotopic (exact) mass is 398 g/mol. The topological polar surface area (TPSA) is 108 Å². The number of carbonyl (C=O) groups is 2. The molecule has 0 aliphatic carbocycles. The second-order valence-corrected chi connectivity index (χ2v) is 8.15. The van der Waals surface area contributed by atoms with E-state index in [2.05, 4.69) is 34.1 Å². The number of hydrogen-bond donors (Lipinski definition) is 3. The van der Waals surface area contributed by atoms with Gasteiger partial charge >= 0.3 is 0 Å². The van der Waals surface area contributed by atoms with Crippen LogP contribution in [0.3, 0.4) is 0 Å². The van der Waals surface area contributed by atoms with Gasteiger partial charge in [-0.15, -0.1) is 0 Å². The lowest BCUT2D eigenvalue weighted by molar-refractivity contribution is -0.121. The fourth-order valence-electron chi connectivity index (χ4n) is 2.65. The van der Waals surface area contributed by atoms with Gasteiger partial charge in [0.05, 0.1) is 11.4 Å². The Morgan fingerprint density at radius 2 is 1.78 bits per heavy atom. The van der Waals surface area contributed by atoms with E-state index >= 15 is 0 Å². The summed E-state index contributed by atoms with van der Waals surface area (Å²) in [5.41, 5.74) is 0.822. The van der Waals surface area contributed by atoms with E-state index in [0.29, 0.717) is 17.9 Å². The fraction of sp³-hybridized carbons (Fsp3) is 0.556. The largest absolute Gasteiger partial charge is 0.355 e. The van der Waals surface area contributed by atoms with E-state index in [-0.39, 0.29) is 30.0 Å². The average Bonchev–Trinajstić information content (AvgIpc) is 2.58. The van der Waals surface area contributed by atoms with Gasteiger partial charge in [-0.25, -0.2) is 8.42 Å². The highest BCUT2D eigenvalue weighted by atomic mass is 32.2. The summed E-state index contributed by atoms with van der Waals surface area (Å²) in [4.78, 5) is 25.2. The number of rotatable bonds is 11. The molecular weight excluding hydrogens is 368 g/mol. The Labute approximate surface area is 161 Å². The normalized spacial score (nSPS) is 12.5. The minimum absolute atomic E-state index is 0.119. The lowest BCUT2D eigenvalue weighted by Crippen LogP contribution is -2.42. The highest BCUT2D eigenvalue weighted by molar-refractivity contribution is 7.92. The molecule has 0 saturated carbocycles. The molecule has 152 valence electrons. The lowest BCUT2D eigenvalue weighted by Gasteiger charge is -2.26. The number of anilines is 2. The Balaban J connectivity index is 2.51. The van der Waals surface area contributed by atoms with E-state index in [0.717, 1.165) is 13.1 Å². The summed E-state index contributed by atoms with van der Waals surface area (Å²) < 4.78 is 26.8. The van der Waals surface area contributed by atoms with E-state index in [1.165, 1.54) is 13.0 Å². The van der Waals surface area contributed by atoms with Crippen molar-refractivity contribution in [2.45, 2.75) is 40.2 Å². The van der Waals surface area contributed by atoms with Crippen LogP contribution in [0.25, 0.3) is 0 Å². The number of nitrogens with one attached hydrogen (secondary N) is 3. The zero-order valence-electron chi connectivity index (χ0n) is 16.4. The van der Waals surface area contributed by atoms with Gasteiger partial charge in [-0.1, -0.05) is 19.9 Å². The third kappa shape index (κ3) is 8.87. The first-order chi connectivity index (χ1) is 12.7. The molecule has 0 saturated heterocycles. The number of carbonyl (C=O) groups excluding carboxylic acids is 2. The molecule has 0 radical (unpaired) electrons. The van der Waals surface area contributed by atoms with E-state index in [1.807, 2.05) is 6.92 Å². The van der Waals surface area contributed by atoms with E-state index in [9.17, 15) is 18.0 Å². The van der Waals surface area contributed by atoms with E-state index in [4.69, 9.17) is 0 Å². The van der Waals surface area contributed by atoms with E-state index < -0.39 is 10.0 Å². The maximum Gasteiger partial charge on any atom is 0.233 e. The molecule has 8 nitrogen and oxygen atoms in total. The Morgan fingerprint density at radius 3 is 2.37 bits per heavy atom. The number of benzene rings is 1. The van der Waals surface area contributed by atoms with Crippen LogP contribution in [0.2, 0.25) is 0 Å². The minimum atomic E-state index is -3.67. The van der Waals surface area contributed by atoms with Crippen molar-refractivity contribution in [1.82, 2.24) is 10.2 Å². The van der Waals surface area contributed by atoms with Crippen molar-refractivity contribution in [2.24, 2.45) is 0 Å². The average molecular weight is 399 g/mol. The van der Waals surface area contributed by atoms with Crippen LogP contribution in [0.1, 0.15) is 34.1 Å². The van der Waals surface area contributed by atoms with Gasteiger partial charge in [0.2, 0.25) is 21.8 Å². The van der Waals surface area contributed by atoms with Gasteiger partial charge < -0.3 is 10.6 Å². The van der Waals surface area contributed by atoms with Crippen molar-refractivity contribution in [2.75, 3.05) is 35.4 Å². The van der Waals surface area contributed by atoms with Crippen molar-refractivity contribution in [3.05, 3.63) is 24.3 Å². The smallest absolute Gasteiger partial charge is 0.233 e. The predicted molar refractivity (Wildman–Crippen MR) is 108 cm³/mol. The van der Waals surface area contributed by atoms with Crippen LogP contribution in [0, 0.1) is 0 Å². The molecule has 0 bridgehead atoms. The first kappa shape index (κ1) is 22.9. The summed E-state index contributed by atoms with van der Waals surface area (Å²) >= 11 is 0. The van der Waals surface area contributed by atoms with Crippen LogP contribution in [0.15, 0.2) is 24.3 Å². The zero-order valence-corrected chi connectivity index (χ0v) is 17.2. The Hall–Kier alpha value is -2.13. The molecule has 3 N–H and O–H groups in total. The SMILES string of the molecule is CCN(CC)C(C)CNC(=O)CCS(=O)(=O)Nc1cccc(NC(C)=O)c1. The van der Waals surface area contributed by atoms with Crippen LogP contribution >= 0.6 is 0 Å². The predicted octanol–water partition coefficient (Wildman–Crippen LogP) is 1.62. The Bertz CT molecular complexity index is 733. The molecular formula is C18H30N4O4S. The molecule has 27 heavy (non-hydrogen) atoms. The highest BCUT2D eigenvalue weighted by Gasteiger charge is 2.15. The van der Waals surface area contributed by atoms with Gasteiger partial charge in [0, 0.05) is 31.6 Å². The Kier molecular flexibility index (Phi) is 9.23. The molecule has 0 aliphatic heterocycles. The number of sulfonamides is 1. The van der Waals surface area contributed by atoms with Gasteiger partial charge in [0.1, 0.15) is 0 Å². The standard InChI is InChI=1S/C18H30N4O4S/c1-5-22(6-2)14(3)13-19-18(24)10-11-27(25,26)21-17-9-7-8-16(12-17)20-15(4)23/h7-9,12,14,21H,5-6,10-11,13H2,1-4H3,(H,19,24)(H,20,23). The Morgan fingerprint density at radius 1 is 1.15 bits per heavy atom. The van der Waals surface area contributed by atoms with Crippen molar-refractivity contribution in [3.63, 3.8) is 0 Å². The molecule has 1 rings (SSSR count). The van der Waals surface area contributed by atoms with Gasteiger partial charge in [0.25, 0.3) is 0 Å². The molecule has 1 unspecified atom stereocenters. The number of nitrogens with zero attached hydrogens (tertiary/aromatic N) is 1. The second kappa shape index (κ2) is 10.9. The first-order valence-electron chi connectivity index (χ1n) is 9.05. The molecule has 0 heterocycles.